The van der Waals surface area contributed by atoms with E-state index < -0.39 is 0 Å². The van der Waals surface area contributed by atoms with Gasteiger partial charge in [-0.05, 0) is 0 Å². The summed E-state index contributed by atoms with van der Waals surface area (Å²) in [4.78, 5) is 5.07. The lowest BCUT2D eigenvalue weighted by Crippen LogP contribution is -1.97. The van der Waals surface area contributed by atoms with Crippen molar-refractivity contribution in [3.63, 3.8) is 0 Å². The minimum absolute atomic E-state index is 0.410. The second-order valence-corrected chi connectivity index (χ2v) is 3.68. The topological polar surface area (TPSA) is 66.0 Å². The van der Waals surface area contributed by atoms with Gasteiger partial charge in [-0.15, -0.1) is 16.4 Å². The van der Waals surface area contributed by atoms with Crippen molar-refractivity contribution in [3.05, 3.63) is 11.4 Å². The van der Waals surface area contributed by atoms with E-state index in [0.29, 0.717) is 11.8 Å². The van der Waals surface area contributed by atoms with E-state index in [4.69, 9.17) is 10.5 Å². The smallest absolute Gasteiger partial charge is 0.218 e. The van der Waals surface area contributed by atoms with Crippen LogP contribution in [0.3, 0.4) is 0 Å². The van der Waals surface area contributed by atoms with Gasteiger partial charge in [0.25, 0.3) is 0 Å². The molecule has 2 N–H and O–H groups in total. The molecule has 0 amide bonds. The SMILES string of the molecule is COc1csc(-c2nc(N)n(C)n2)c1. The highest BCUT2D eigenvalue weighted by atomic mass is 32.1. The zero-order chi connectivity index (χ0) is 10.1. The largest absolute Gasteiger partial charge is 0.496 e. The van der Waals surface area contributed by atoms with Crippen LogP contribution in [0.15, 0.2) is 11.4 Å². The zero-order valence-electron chi connectivity index (χ0n) is 7.89. The summed E-state index contributed by atoms with van der Waals surface area (Å²) < 4.78 is 6.61. The maximum absolute atomic E-state index is 5.58. The number of anilines is 1. The monoisotopic (exact) mass is 210 g/mol. The molecule has 0 saturated carbocycles. The third kappa shape index (κ3) is 1.44. The Morgan fingerprint density at radius 3 is 2.86 bits per heavy atom. The molecular formula is C8H10N4OS. The Balaban J connectivity index is 2.39. The molecule has 2 heterocycles. The molecule has 0 aliphatic carbocycles. The van der Waals surface area contributed by atoms with Crippen molar-refractivity contribution in [1.29, 1.82) is 0 Å². The van der Waals surface area contributed by atoms with Crippen LogP contribution < -0.4 is 10.5 Å². The Bertz CT molecular complexity index is 428. The molecule has 0 aromatic carbocycles. The summed E-state index contributed by atoms with van der Waals surface area (Å²) >= 11 is 1.53. The summed E-state index contributed by atoms with van der Waals surface area (Å²) in [6.07, 6.45) is 0. The molecule has 0 saturated heterocycles. The van der Waals surface area contributed by atoms with E-state index in [9.17, 15) is 0 Å². The molecule has 6 heteroatoms. The highest BCUT2D eigenvalue weighted by molar-refractivity contribution is 7.13. The number of nitrogens with zero attached hydrogens (tertiary/aromatic N) is 3. The van der Waals surface area contributed by atoms with Crippen molar-refractivity contribution in [2.24, 2.45) is 7.05 Å². The summed E-state index contributed by atoms with van der Waals surface area (Å²) in [6, 6.07) is 1.89. The lowest BCUT2D eigenvalue weighted by Gasteiger charge is -1.89. The number of hydrogen-bond donors (Lipinski definition) is 1. The molecule has 5 nitrogen and oxygen atoms in total. The summed E-state index contributed by atoms with van der Waals surface area (Å²) in [6.45, 7) is 0. The first kappa shape index (κ1) is 9.01. The predicted octanol–water partition coefficient (Wildman–Crippen LogP) is 1.13. The van der Waals surface area contributed by atoms with Crippen molar-refractivity contribution in [1.82, 2.24) is 14.8 Å². The number of nitrogen functional groups attached to an aromatic ring is 1. The molecule has 2 aromatic rings. The Morgan fingerprint density at radius 1 is 1.57 bits per heavy atom. The fourth-order valence-corrected chi connectivity index (χ4v) is 1.83. The van der Waals surface area contributed by atoms with E-state index in [1.165, 1.54) is 11.3 Å². The Morgan fingerprint density at radius 2 is 2.36 bits per heavy atom. The zero-order valence-corrected chi connectivity index (χ0v) is 8.71. The highest BCUT2D eigenvalue weighted by Gasteiger charge is 2.09. The molecule has 14 heavy (non-hydrogen) atoms. The quantitative estimate of drug-likeness (QED) is 0.807. The van der Waals surface area contributed by atoms with Crippen molar-refractivity contribution in [3.8, 4) is 16.5 Å². The standard InChI is InChI=1S/C8H10N4OS/c1-12-8(9)10-7(11-12)6-3-5(13-2)4-14-6/h3-4H,1-2H3,(H2,9,10,11). The van der Waals surface area contributed by atoms with Gasteiger partial charge >= 0.3 is 0 Å². The molecule has 74 valence electrons. The Labute approximate surface area is 85.1 Å². The minimum Gasteiger partial charge on any atom is -0.496 e. The summed E-state index contributed by atoms with van der Waals surface area (Å²) in [5.41, 5.74) is 5.58. The van der Waals surface area contributed by atoms with Gasteiger partial charge in [-0.25, -0.2) is 4.68 Å². The van der Waals surface area contributed by atoms with Crippen LogP contribution >= 0.6 is 11.3 Å². The molecule has 2 rings (SSSR count). The van der Waals surface area contributed by atoms with Gasteiger partial charge in [0.2, 0.25) is 5.95 Å². The first-order valence-electron chi connectivity index (χ1n) is 4.00. The molecule has 2 aromatic heterocycles. The normalized spacial score (nSPS) is 10.4. The summed E-state index contributed by atoms with van der Waals surface area (Å²) in [5, 5.41) is 6.07. The van der Waals surface area contributed by atoms with Crippen LogP contribution in [0.25, 0.3) is 10.7 Å². The number of methoxy groups -OCH3 is 1. The third-order valence-corrected chi connectivity index (χ3v) is 2.73. The Hall–Kier alpha value is -1.56. The molecule has 0 radical (unpaired) electrons. The lowest BCUT2D eigenvalue weighted by atomic mass is 10.4. The maximum atomic E-state index is 5.58. The summed E-state index contributed by atoms with van der Waals surface area (Å²) in [5.74, 6) is 1.86. The fourth-order valence-electron chi connectivity index (χ4n) is 1.04. The summed E-state index contributed by atoms with van der Waals surface area (Å²) in [7, 11) is 3.39. The van der Waals surface area contributed by atoms with E-state index in [0.717, 1.165) is 10.6 Å². The number of hydrogen-bond acceptors (Lipinski definition) is 5. The molecular weight excluding hydrogens is 200 g/mol. The number of aryl methyl sites for hydroxylation is 1. The Kier molecular flexibility index (Phi) is 2.12. The second-order valence-electron chi connectivity index (χ2n) is 2.77. The fraction of sp³-hybridized carbons (Fsp3) is 0.250. The van der Waals surface area contributed by atoms with Gasteiger partial charge in [-0.2, -0.15) is 4.98 Å². The molecule has 0 aliphatic heterocycles. The maximum Gasteiger partial charge on any atom is 0.218 e. The first-order valence-corrected chi connectivity index (χ1v) is 4.88. The lowest BCUT2D eigenvalue weighted by molar-refractivity contribution is 0.417. The van der Waals surface area contributed by atoms with E-state index in [-0.39, 0.29) is 0 Å². The molecule has 0 bridgehead atoms. The molecule has 0 spiro atoms. The van der Waals surface area contributed by atoms with E-state index in [1.807, 2.05) is 11.4 Å². The van der Waals surface area contributed by atoms with Gasteiger partial charge in [0, 0.05) is 18.5 Å². The van der Waals surface area contributed by atoms with Crippen LogP contribution in [0.2, 0.25) is 0 Å². The van der Waals surface area contributed by atoms with Crippen LogP contribution in [0.4, 0.5) is 5.95 Å². The van der Waals surface area contributed by atoms with Gasteiger partial charge < -0.3 is 10.5 Å². The van der Waals surface area contributed by atoms with Crippen LogP contribution in [-0.4, -0.2) is 21.9 Å². The second kappa shape index (κ2) is 3.30. The van der Waals surface area contributed by atoms with Crippen LogP contribution in [-0.2, 0) is 7.05 Å². The van der Waals surface area contributed by atoms with Crippen molar-refractivity contribution in [2.75, 3.05) is 12.8 Å². The van der Waals surface area contributed by atoms with Crippen LogP contribution in [0, 0.1) is 0 Å². The molecule has 0 unspecified atom stereocenters. The van der Waals surface area contributed by atoms with E-state index in [2.05, 4.69) is 10.1 Å². The average Bonchev–Trinajstić information content (AvgIpc) is 2.74. The average molecular weight is 210 g/mol. The van der Waals surface area contributed by atoms with Gasteiger partial charge in [0.1, 0.15) is 5.75 Å². The highest BCUT2D eigenvalue weighted by Crippen LogP contribution is 2.28. The minimum atomic E-state index is 0.410. The van der Waals surface area contributed by atoms with Crippen molar-refractivity contribution >= 4 is 17.3 Å². The number of thiophene rings is 1. The molecule has 0 aliphatic rings. The van der Waals surface area contributed by atoms with Gasteiger partial charge in [-0.1, -0.05) is 0 Å². The van der Waals surface area contributed by atoms with Crippen molar-refractivity contribution < 1.29 is 4.74 Å². The number of ether oxygens (including phenoxy) is 1. The van der Waals surface area contributed by atoms with Crippen LogP contribution in [0.5, 0.6) is 5.75 Å². The van der Waals surface area contributed by atoms with Crippen molar-refractivity contribution in [2.45, 2.75) is 0 Å². The molecule has 0 atom stereocenters. The van der Waals surface area contributed by atoms with E-state index >= 15 is 0 Å². The van der Waals surface area contributed by atoms with Gasteiger partial charge in [-0.3, -0.25) is 0 Å². The third-order valence-electron chi connectivity index (χ3n) is 1.83. The first-order chi connectivity index (χ1) is 6.70. The predicted molar refractivity (Wildman–Crippen MR) is 55.3 cm³/mol. The number of aromatic nitrogens is 3. The molecule has 0 fully saturated rings. The van der Waals surface area contributed by atoms with E-state index in [1.54, 1.807) is 18.8 Å². The number of rotatable bonds is 2. The van der Waals surface area contributed by atoms with Gasteiger partial charge in [0.15, 0.2) is 5.82 Å². The van der Waals surface area contributed by atoms with Crippen LogP contribution in [0.1, 0.15) is 0 Å². The van der Waals surface area contributed by atoms with Gasteiger partial charge in [0.05, 0.1) is 12.0 Å². The number of nitrogens with two attached hydrogens (primary N) is 1.